The van der Waals surface area contributed by atoms with E-state index in [1.165, 1.54) is 22.3 Å². The smallest absolute Gasteiger partial charge is 0.0132 e. The van der Waals surface area contributed by atoms with E-state index in [4.69, 9.17) is 0 Å². The Kier molecular flexibility index (Phi) is 3.06. The van der Waals surface area contributed by atoms with Crippen molar-refractivity contribution in [2.45, 2.75) is 33.1 Å². The van der Waals surface area contributed by atoms with Crippen LogP contribution in [0.4, 0.5) is 0 Å². The second-order valence-electron chi connectivity index (χ2n) is 5.65. The molecule has 2 aromatic rings. The van der Waals surface area contributed by atoms with E-state index in [0.717, 1.165) is 0 Å². The van der Waals surface area contributed by atoms with Crippen molar-refractivity contribution in [1.29, 1.82) is 0 Å². The minimum atomic E-state index is 0.207. The third kappa shape index (κ3) is 2.58. The molecule has 0 aromatic heterocycles. The lowest BCUT2D eigenvalue weighted by atomic mass is 9.85. The summed E-state index contributed by atoms with van der Waals surface area (Å²) in [6.45, 7) is 8.93. The van der Waals surface area contributed by atoms with Gasteiger partial charge in [0.2, 0.25) is 0 Å². The van der Waals surface area contributed by atoms with E-state index in [1.807, 2.05) is 0 Å². The van der Waals surface area contributed by atoms with Crippen LogP contribution in [0.5, 0.6) is 0 Å². The van der Waals surface area contributed by atoms with Crippen LogP contribution in [-0.2, 0) is 5.41 Å². The molecule has 0 aliphatic rings. The van der Waals surface area contributed by atoms with Gasteiger partial charge in [0, 0.05) is 0 Å². The fraction of sp³-hybridized carbons (Fsp3) is 0.294. The molecule has 0 amide bonds. The number of rotatable bonds is 1. The predicted octanol–water partition coefficient (Wildman–Crippen LogP) is 4.96. The Hall–Kier alpha value is -1.56. The van der Waals surface area contributed by atoms with Crippen molar-refractivity contribution >= 4 is 0 Å². The maximum absolute atomic E-state index is 2.31. The van der Waals surface area contributed by atoms with Crippen LogP contribution >= 0.6 is 0 Å². The van der Waals surface area contributed by atoms with Crippen molar-refractivity contribution in [2.75, 3.05) is 0 Å². The molecule has 0 saturated heterocycles. The summed E-state index contributed by atoms with van der Waals surface area (Å²) in [5.41, 5.74) is 5.57. The minimum absolute atomic E-state index is 0.207. The van der Waals surface area contributed by atoms with Crippen LogP contribution in [0.3, 0.4) is 0 Å². The fourth-order valence-electron chi connectivity index (χ4n) is 2.05. The molecule has 0 unspecified atom stereocenters. The molecule has 17 heavy (non-hydrogen) atoms. The molecular formula is C17H20. The Morgan fingerprint density at radius 3 is 2.18 bits per heavy atom. The van der Waals surface area contributed by atoms with Gasteiger partial charge in [-0.3, -0.25) is 0 Å². The zero-order chi connectivity index (χ0) is 12.5. The van der Waals surface area contributed by atoms with Crippen molar-refractivity contribution in [3.8, 4) is 11.1 Å². The quantitative estimate of drug-likeness (QED) is 0.642. The molecule has 0 fully saturated rings. The Bertz CT molecular complexity index is 516. The third-order valence-corrected chi connectivity index (χ3v) is 3.18. The van der Waals surface area contributed by atoms with Gasteiger partial charge in [0.25, 0.3) is 0 Å². The Balaban J connectivity index is 2.51. The van der Waals surface area contributed by atoms with E-state index in [-0.39, 0.29) is 5.41 Å². The average Bonchev–Trinajstić information content (AvgIpc) is 2.29. The first-order valence-corrected chi connectivity index (χ1v) is 6.15. The lowest BCUT2D eigenvalue weighted by molar-refractivity contribution is 0.590. The molecule has 2 aromatic carbocycles. The first-order chi connectivity index (χ1) is 7.98. The zero-order valence-electron chi connectivity index (χ0n) is 11.1. The second-order valence-corrected chi connectivity index (χ2v) is 5.65. The van der Waals surface area contributed by atoms with Gasteiger partial charge in [0.05, 0.1) is 0 Å². The summed E-state index contributed by atoms with van der Waals surface area (Å²) in [7, 11) is 0. The predicted molar refractivity (Wildman–Crippen MR) is 75.3 cm³/mol. The van der Waals surface area contributed by atoms with Gasteiger partial charge in [0.15, 0.2) is 0 Å². The molecule has 0 spiro atoms. The summed E-state index contributed by atoms with van der Waals surface area (Å²) in [6.07, 6.45) is 0. The van der Waals surface area contributed by atoms with E-state index < -0.39 is 0 Å². The average molecular weight is 224 g/mol. The van der Waals surface area contributed by atoms with Crippen LogP contribution in [-0.4, -0.2) is 0 Å². The maximum atomic E-state index is 2.31. The Labute approximate surface area is 104 Å². The normalized spacial score (nSPS) is 11.5. The number of hydrogen-bond acceptors (Lipinski definition) is 0. The first-order valence-electron chi connectivity index (χ1n) is 6.15. The van der Waals surface area contributed by atoms with E-state index in [1.54, 1.807) is 0 Å². The van der Waals surface area contributed by atoms with Crippen LogP contribution in [0.15, 0.2) is 48.5 Å². The van der Waals surface area contributed by atoms with Crippen LogP contribution in [0, 0.1) is 6.92 Å². The van der Waals surface area contributed by atoms with E-state index in [0.29, 0.717) is 0 Å². The van der Waals surface area contributed by atoms with Gasteiger partial charge >= 0.3 is 0 Å². The lowest BCUT2D eigenvalue weighted by Gasteiger charge is -2.20. The summed E-state index contributed by atoms with van der Waals surface area (Å²) in [5.74, 6) is 0. The highest BCUT2D eigenvalue weighted by Gasteiger charge is 2.14. The molecule has 0 heterocycles. The summed E-state index contributed by atoms with van der Waals surface area (Å²) >= 11 is 0. The molecular weight excluding hydrogens is 204 g/mol. The van der Waals surface area contributed by atoms with Crippen LogP contribution in [0.1, 0.15) is 31.9 Å². The van der Waals surface area contributed by atoms with Crippen molar-refractivity contribution in [1.82, 2.24) is 0 Å². The van der Waals surface area contributed by atoms with Gasteiger partial charge in [-0.05, 0) is 34.6 Å². The van der Waals surface area contributed by atoms with Gasteiger partial charge in [-0.15, -0.1) is 0 Å². The summed E-state index contributed by atoms with van der Waals surface area (Å²) < 4.78 is 0. The highest BCUT2D eigenvalue weighted by Crippen LogP contribution is 2.28. The second kappa shape index (κ2) is 4.37. The van der Waals surface area contributed by atoms with E-state index in [9.17, 15) is 0 Å². The van der Waals surface area contributed by atoms with Crippen LogP contribution < -0.4 is 0 Å². The van der Waals surface area contributed by atoms with Gasteiger partial charge in [0.1, 0.15) is 0 Å². The third-order valence-electron chi connectivity index (χ3n) is 3.18. The van der Waals surface area contributed by atoms with Gasteiger partial charge in [-0.1, -0.05) is 69.3 Å². The number of hydrogen-bond donors (Lipinski definition) is 0. The van der Waals surface area contributed by atoms with E-state index >= 15 is 0 Å². The number of aryl methyl sites for hydroxylation is 1. The first kappa shape index (κ1) is 11.9. The molecule has 0 saturated carbocycles. The monoisotopic (exact) mass is 224 g/mol. The molecule has 0 bridgehead atoms. The Morgan fingerprint density at radius 1 is 0.824 bits per heavy atom. The molecule has 2 rings (SSSR count). The lowest BCUT2D eigenvalue weighted by Crippen LogP contribution is -2.10. The maximum Gasteiger partial charge on any atom is -0.0132 e. The van der Waals surface area contributed by atoms with Crippen molar-refractivity contribution in [3.05, 3.63) is 59.7 Å². The van der Waals surface area contributed by atoms with Crippen molar-refractivity contribution < 1.29 is 0 Å². The molecule has 0 nitrogen and oxygen atoms in total. The molecule has 0 aliphatic heterocycles. The Morgan fingerprint density at radius 2 is 1.53 bits per heavy atom. The zero-order valence-corrected chi connectivity index (χ0v) is 11.1. The van der Waals surface area contributed by atoms with Crippen molar-refractivity contribution in [3.63, 3.8) is 0 Å². The van der Waals surface area contributed by atoms with Gasteiger partial charge in [-0.25, -0.2) is 0 Å². The van der Waals surface area contributed by atoms with Gasteiger partial charge < -0.3 is 0 Å². The molecule has 0 radical (unpaired) electrons. The SMILES string of the molecule is Cc1ccccc1-c1cccc(C(C)(C)C)c1. The van der Waals surface area contributed by atoms with Crippen LogP contribution in [0.25, 0.3) is 11.1 Å². The minimum Gasteiger partial charge on any atom is -0.0620 e. The molecule has 0 N–H and O–H groups in total. The van der Waals surface area contributed by atoms with Crippen molar-refractivity contribution in [2.24, 2.45) is 0 Å². The fourth-order valence-corrected chi connectivity index (χ4v) is 2.05. The standard InChI is InChI=1S/C17H20/c1-13-8-5-6-11-16(13)14-9-7-10-15(12-14)17(2,3)4/h5-12H,1-4H3. The molecule has 88 valence electrons. The van der Waals surface area contributed by atoms with E-state index in [2.05, 4.69) is 76.2 Å². The highest BCUT2D eigenvalue weighted by molar-refractivity contribution is 5.67. The van der Waals surface area contributed by atoms with Gasteiger partial charge in [-0.2, -0.15) is 0 Å². The number of benzene rings is 2. The molecule has 0 atom stereocenters. The summed E-state index contributed by atoms with van der Waals surface area (Å²) in [6, 6.07) is 17.4. The topological polar surface area (TPSA) is 0 Å². The highest BCUT2D eigenvalue weighted by atomic mass is 14.2. The molecule has 0 heteroatoms. The largest absolute Gasteiger partial charge is 0.0620 e. The van der Waals surface area contributed by atoms with Crippen LogP contribution in [0.2, 0.25) is 0 Å². The summed E-state index contributed by atoms with van der Waals surface area (Å²) in [4.78, 5) is 0. The summed E-state index contributed by atoms with van der Waals surface area (Å²) in [5, 5.41) is 0. The molecule has 0 aliphatic carbocycles.